The molecule has 116 valence electrons. The van der Waals surface area contributed by atoms with Crippen molar-refractivity contribution < 1.29 is 19.4 Å². The van der Waals surface area contributed by atoms with E-state index in [1.54, 1.807) is 7.11 Å². The smallest absolute Gasteiger partial charge is 0.316 e. The first-order valence-corrected chi connectivity index (χ1v) is 7.74. The van der Waals surface area contributed by atoms with Crippen LogP contribution < -0.4 is 5.32 Å². The Hall–Kier alpha value is -1.53. The molecule has 0 saturated carbocycles. The van der Waals surface area contributed by atoms with E-state index in [9.17, 15) is 14.7 Å². The Labute approximate surface area is 129 Å². The average molecular weight is 311 g/mol. The average Bonchev–Trinajstić information content (AvgIpc) is 2.44. The normalized spacial score (nSPS) is 13.4. The number of aliphatic carboxylic acids is 1. The summed E-state index contributed by atoms with van der Waals surface area (Å²) in [4.78, 5) is 23.0. The highest BCUT2D eigenvalue weighted by molar-refractivity contribution is 8.01. The van der Waals surface area contributed by atoms with Crippen molar-refractivity contribution in [2.45, 2.75) is 24.6 Å². The van der Waals surface area contributed by atoms with Crippen molar-refractivity contribution >= 4 is 23.6 Å². The molecular formula is C15H21NO4S. The SMILES string of the molecule is COCC(C)NC(=O)CSC(Cc1ccccc1)C(=O)O. The zero-order chi connectivity index (χ0) is 15.7. The van der Waals surface area contributed by atoms with Crippen LogP contribution in [0.15, 0.2) is 30.3 Å². The highest BCUT2D eigenvalue weighted by Gasteiger charge is 2.20. The van der Waals surface area contributed by atoms with Gasteiger partial charge in [0.15, 0.2) is 0 Å². The molecule has 2 atom stereocenters. The zero-order valence-electron chi connectivity index (χ0n) is 12.2. The molecule has 0 fully saturated rings. The second kappa shape index (κ2) is 9.41. The van der Waals surface area contributed by atoms with Gasteiger partial charge in [0.25, 0.3) is 0 Å². The molecule has 1 amide bonds. The van der Waals surface area contributed by atoms with Gasteiger partial charge in [-0.1, -0.05) is 30.3 Å². The van der Waals surface area contributed by atoms with Crippen LogP contribution in [0.4, 0.5) is 0 Å². The van der Waals surface area contributed by atoms with Gasteiger partial charge in [0.2, 0.25) is 5.91 Å². The number of rotatable bonds is 9. The lowest BCUT2D eigenvalue weighted by molar-refractivity contribution is -0.136. The summed E-state index contributed by atoms with van der Waals surface area (Å²) < 4.78 is 4.93. The fourth-order valence-corrected chi connectivity index (χ4v) is 2.72. The number of benzene rings is 1. The van der Waals surface area contributed by atoms with Gasteiger partial charge in [-0.15, -0.1) is 11.8 Å². The van der Waals surface area contributed by atoms with Crippen molar-refractivity contribution in [2.75, 3.05) is 19.5 Å². The van der Waals surface area contributed by atoms with Crippen LogP contribution in [-0.2, 0) is 20.7 Å². The quantitative estimate of drug-likeness (QED) is 0.724. The minimum atomic E-state index is -0.901. The Kier molecular flexibility index (Phi) is 7.85. The first kappa shape index (κ1) is 17.5. The van der Waals surface area contributed by atoms with Crippen LogP contribution in [0.3, 0.4) is 0 Å². The van der Waals surface area contributed by atoms with Gasteiger partial charge in [-0.25, -0.2) is 0 Å². The number of carbonyl (C=O) groups excluding carboxylic acids is 1. The number of hydrogen-bond donors (Lipinski definition) is 2. The van der Waals surface area contributed by atoms with Crippen LogP contribution >= 0.6 is 11.8 Å². The molecule has 0 aromatic heterocycles. The Morgan fingerprint density at radius 2 is 2.00 bits per heavy atom. The maximum atomic E-state index is 11.7. The van der Waals surface area contributed by atoms with Gasteiger partial charge < -0.3 is 15.2 Å². The second-order valence-electron chi connectivity index (χ2n) is 4.75. The van der Waals surface area contributed by atoms with Gasteiger partial charge in [-0.3, -0.25) is 9.59 Å². The third-order valence-electron chi connectivity index (χ3n) is 2.78. The summed E-state index contributed by atoms with van der Waals surface area (Å²) in [6.07, 6.45) is 0.405. The summed E-state index contributed by atoms with van der Waals surface area (Å²) in [6.45, 7) is 2.27. The van der Waals surface area contributed by atoms with Crippen LogP contribution in [0.5, 0.6) is 0 Å². The van der Waals surface area contributed by atoms with Gasteiger partial charge >= 0.3 is 5.97 Å². The van der Waals surface area contributed by atoms with E-state index in [-0.39, 0.29) is 17.7 Å². The predicted molar refractivity (Wildman–Crippen MR) is 83.5 cm³/mol. The first-order chi connectivity index (χ1) is 10.0. The third-order valence-corrected chi connectivity index (χ3v) is 3.98. The largest absolute Gasteiger partial charge is 0.480 e. The second-order valence-corrected chi connectivity index (χ2v) is 5.94. The molecule has 0 aliphatic heterocycles. The molecule has 1 aromatic carbocycles. The van der Waals surface area contributed by atoms with Gasteiger partial charge in [-0.2, -0.15) is 0 Å². The van der Waals surface area contributed by atoms with E-state index in [1.807, 2.05) is 37.3 Å². The van der Waals surface area contributed by atoms with Crippen molar-refractivity contribution in [2.24, 2.45) is 0 Å². The number of amides is 1. The molecule has 6 heteroatoms. The first-order valence-electron chi connectivity index (χ1n) is 6.69. The number of carboxylic acids is 1. The van der Waals surface area contributed by atoms with Crippen LogP contribution in [0.25, 0.3) is 0 Å². The topological polar surface area (TPSA) is 75.6 Å². The van der Waals surface area contributed by atoms with Crippen molar-refractivity contribution in [3.63, 3.8) is 0 Å². The van der Waals surface area contributed by atoms with Crippen molar-refractivity contribution in [3.8, 4) is 0 Å². The Morgan fingerprint density at radius 1 is 1.33 bits per heavy atom. The molecule has 0 bridgehead atoms. The molecule has 21 heavy (non-hydrogen) atoms. The van der Waals surface area contributed by atoms with Gasteiger partial charge in [0.1, 0.15) is 5.25 Å². The molecule has 5 nitrogen and oxygen atoms in total. The predicted octanol–water partition coefficient (Wildman–Crippen LogP) is 1.57. The molecule has 1 rings (SSSR count). The summed E-state index contributed by atoms with van der Waals surface area (Å²) in [5.74, 6) is -0.955. The van der Waals surface area contributed by atoms with Crippen molar-refractivity contribution in [1.29, 1.82) is 0 Å². The van der Waals surface area contributed by atoms with Gasteiger partial charge in [0, 0.05) is 13.2 Å². The van der Waals surface area contributed by atoms with Crippen LogP contribution in [-0.4, -0.2) is 47.7 Å². The molecule has 0 radical (unpaired) electrons. The number of carbonyl (C=O) groups is 2. The summed E-state index contributed by atoms with van der Waals surface area (Å²) in [5.41, 5.74) is 0.950. The maximum absolute atomic E-state index is 11.7. The van der Waals surface area contributed by atoms with E-state index in [0.29, 0.717) is 13.0 Å². The monoisotopic (exact) mass is 311 g/mol. The summed E-state index contributed by atoms with van der Waals surface area (Å²) in [5, 5.41) is 11.4. The van der Waals surface area contributed by atoms with E-state index >= 15 is 0 Å². The Morgan fingerprint density at radius 3 is 2.57 bits per heavy atom. The Balaban J connectivity index is 2.45. The Bertz CT molecular complexity index is 452. The number of ether oxygens (including phenoxy) is 1. The molecule has 0 aliphatic carbocycles. The maximum Gasteiger partial charge on any atom is 0.316 e. The molecule has 2 unspecified atom stereocenters. The molecule has 0 aliphatic rings. The third kappa shape index (κ3) is 7.15. The van der Waals surface area contributed by atoms with Crippen LogP contribution in [0.1, 0.15) is 12.5 Å². The van der Waals surface area contributed by atoms with E-state index in [2.05, 4.69) is 5.32 Å². The van der Waals surface area contributed by atoms with Crippen molar-refractivity contribution in [1.82, 2.24) is 5.32 Å². The number of nitrogens with one attached hydrogen (secondary N) is 1. The van der Waals surface area contributed by atoms with Crippen LogP contribution in [0.2, 0.25) is 0 Å². The number of hydrogen-bond acceptors (Lipinski definition) is 4. The number of methoxy groups -OCH3 is 1. The number of thioether (sulfide) groups is 1. The fourth-order valence-electron chi connectivity index (χ4n) is 1.83. The molecule has 0 heterocycles. The lowest BCUT2D eigenvalue weighted by Crippen LogP contribution is -2.37. The van der Waals surface area contributed by atoms with E-state index in [1.165, 1.54) is 0 Å². The van der Waals surface area contributed by atoms with Crippen LogP contribution in [0, 0.1) is 0 Å². The summed E-state index contributed by atoms with van der Waals surface area (Å²) >= 11 is 1.14. The minimum absolute atomic E-state index is 0.0829. The van der Waals surface area contributed by atoms with Gasteiger partial charge in [0.05, 0.1) is 12.4 Å². The standard InChI is InChI=1S/C15H21NO4S/c1-11(9-20-2)16-14(17)10-21-13(15(18)19)8-12-6-4-3-5-7-12/h3-7,11,13H,8-10H2,1-2H3,(H,16,17)(H,18,19). The summed E-state index contributed by atoms with van der Waals surface area (Å²) in [6, 6.07) is 9.32. The van der Waals surface area contributed by atoms with E-state index in [0.717, 1.165) is 17.3 Å². The lowest BCUT2D eigenvalue weighted by atomic mass is 10.1. The lowest BCUT2D eigenvalue weighted by Gasteiger charge is -2.15. The molecular weight excluding hydrogens is 290 g/mol. The molecule has 0 saturated heterocycles. The molecule has 2 N–H and O–H groups in total. The zero-order valence-corrected chi connectivity index (χ0v) is 13.1. The number of carboxylic acid groups (broad SMARTS) is 1. The van der Waals surface area contributed by atoms with Crippen molar-refractivity contribution in [3.05, 3.63) is 35.9 Å². The highest BCUT2D eigenvalue weighted by Crippen LogP contribution is 2.17. The summed E-state index contributed by atoms with van der Waals surface area (Å²) in [7, 11) is 1.57. The van der Waals surface area contributed by atoms with Gasteiger partial charge in [-0.05, 0) is 18.9 Å². The van der Waals surface area contributed by atoms with E-state index < -0.39 is 11.2 Å². The fraction of sp³-hybridized carbons (Fsp3) is 0.467. The minimum Gasteiger partial charge on any atom is -0.480 e. The molecule has 1 aromatic rings. The molecule has 0 spiro atoms. The highest BCUT2D eigenvalue weighted by atomic mass is 32.2. The van der Waals surface area contributed by atoms with E-state index in [4.69, 9.17) is 4.74 Å².